The van der Waals surface area contributed by atoms with Crippen molar-refractivity contribution in [1.82, 2.24) is 4.90 Å². The zero-order valence-corrected chi connectivity index (χ0v) is 14.1. The summed E-state index contributed by atoms with van der Waals surface area (Å²) in [7, 11) is 1.75. The molecule has 3 rings (SSSR count). The van der Waals surface area contributed by atoms with E-state index < -0.39 is 6.10 Å². The summed E-state index contributed by atoms with van der Waals surface area (Å²) in [5, 5.41) is 10.3. The van der Waals surface area contributed by atoms with Crippen LogP contribution >= 0.6 is 0 Å². The summed E-state index contributed by atoms with van der Waals surface area (Å²) in [6, 6.07) is 17.3. The van der Waals surface area contributed by atoms with E-state index in [0.717, 1.165) is 18.7 Å². The second-order valence-electron chi connectivity index (χ2n) is 6.33. The molecule has 1 N–H and O–H groups in total. The first kappa shape index (κ1) is 16.5. The van der Waals surface area contributed by atoms with Gasteiger partial charge in [-0.15, -0.1) is 0 Å². The van der Waals surface area contributed by atoms with Crippen LogP contribution < -0.4 is 4.90 Å². The highest BCUT2D eigenvalue weighted by molar-refractivity contribution is 5.82. The summed E-state index contributed by atoms with van der Waals surface area (Å²) >= 11 is 0. The summed E-state index contributed by atoms with van der Waals surface area (Å²) in [6.45, 7) is 2.64. The molecule has 1 aliphatic rings. The lowest BCUT2D eigenvalue weighted by Gasteiger charge is -2.25. The van der Waals surface area contributed by atoms with E-state index in [4.69, 9.17) is 0 Å². The number of rotatable bonds is 5. The molecule has 0 aliphatic carbocycles. The smallest absolute Gasteiger partial charge is 0.256 e. The minimum Gasteiger partial charge on any atom is -0.378 e. The number of aliphatic hydroxyl groups is 1. The highest BCUT2D eigenvalue weighted by Crippen LogP contribution is 2.26. The Labute approximate surface area is 143 Å². The monoisotopic (exact) mass is 324 g/mol. The van der Waals surface area contributed by atoms with Crippen LogP contribution in [-0.4, -0.2) is 36.1 Å². The van der Waals surface area contributed by atoms with Crippen LogP contribution in [0.25, 0.3) is 0 Å². The van der Waals surface area contributed by atoms with Crippen molar-refractivity contribution >= 4 is 11.6 Å². The van der Waals surface area contributed by atoms with Crippen molar-refractivity contribution in [3.8, 4) is 0 Å². The van der Waals surface area contributed by atoms with E-state index in [1.54, 1.807) is 24.1 Å². The van der Waals surface area contributed by atoms with Crippen molar-refractivity contribution in [1.29, 1.82) is 0 Å². The van der Waals surface area contributed by atoms with Crippen molar-refractivity contribution in [3.63, 3.8) is 0 Å². The first-order valence-corrected chi connectivity index (χ1v) is 8.47. The third-order valence-electron chi connectivity index (χ3n) is 4.57. The average Bonchev–Trinajstić information content (AvgIpc) is 3.16. The second kappa shape index (κ2) is 7.49. The number of carbonyl (C=O) groups excluding carboxylic acids is 1. The Balaban J connectivity index is 1.73. The molecule has 4 nitrogen and oxygen atoms in total. The maximum Gasteiger partial charge on any atom is 0.256 e. The molecule has 1 saturated heterocycles. The second-order valence-corrected chi connectivity index (χ2v) is 6.33. The molecule has 1 aliphatic heterocycles. The summed E-state index contributed by atoms with van der Waals surface area (Å²) in [5.41, 5.74) is 2.95. The topological polar surface area (TPSA) is 43.8 Å². The molecule has 1 heterocycles. The predicted octanol–water partition coefficient (Wildman–Crippen LogP) is 2.98. The molecule has 1 amide bonds. The van der Waals surface area contributed by atoms with E-state index in [-0.39, 0.29) is 5.91 Å². The summed E-state index contributed by atoms with van der Waals surface area (Å²) in [5.74, 6) is -0.280. The van der Waals surface area contributed by atoms with Gasteiger partial charge in [0.05, 0.1) is 0 Å². The number of carbonyl (C=O) groups is 1. The van der Waals surface area contributed by atoms with E-state index in [2.05, 4.69) is 17.0 Å². The molecule has 1 atom stereocenters. The summed E-state index contributed by atoms with van der Waals surface area (Å²) in [4.78, 5) is 16.5. The van der Waals surface area contributed by atoms with Gasteiger partial charge in [0.15, 0.2) is 6.10 Å². The van der Waals surface area contributed by atoms with Gasteiger partial charge in [-0.3, -0.25) is 4.79 Å². The highest BCUT2D eigenvalue weighted by atomic mass is 16.3. The molecule has 1 unspecified atom stereocenters. The van der Waals surface area contributed by atoms with Crippen LogP contribution in [0.5, 0.6) is 0 Å². The molecule has 4 heteroatoms. The van der Waals surface area contributed by atoms with Crippen LogP contribution in [0.2, 0.25) is 0 Å². The average molecular weight is 324 g/mol. The number of anilines is 1. The lowest BCUT2D eigenvalue weighted by molar-refractivity contribution is -0.139. The minimum absolute atomic E-state index is 0.280. The number of para-hydroxylation sites is 1. The van der Waals surface area contributed by atoms with E-state index in [1.807, 2.05) is 30.3 Å². The third-order valence-corrected chi connectivity index (χ3v) is 4.57. The van der Waals surface area contributed by atoms with Gasteiger partial charge in [0, 0.05) is 32.4 Å². The number of nitrogens with zero attached hydrogens (tertiary/aromatic N) is 2. The Morgan fingerprint density at radius 2 is 1.71 bits per heavy atom. The van der Waals surface area contributed by atoms with Crippen LogP contribution in [0.1, 0.15) is 30.1 Å². The molecule has 2 aromatic rings. The van der Waals surface area contributed by atoms with E-state index in [0.29, 0.717) is 12.1 Å². The highest BCUT2D eigenvalue weighted by Gasteiger charge is 2.23. The molecular weight excluding hydrogens is 300 g/mol. The van der Waals surface area contributed by atoms with Gasteiger partial charge in [0.25, 0.3) is 5.91 Å². The number of hydrogen-bond acceptors (Lipinski definition) is 3. The minimum atomic E-state index is -1.12. The molecule has 24 heavy (non-hydrogen) atoms. The predicted molar refractivity (Wildman–Crippen MR) is 95.8 cm³/mol. The van der Waals surface area contributed by atoms with Gasteiger partial charge in [-0.05, 0) is 30.0 Å². The molecule has 0 aromatic heterocycles. The molecule has 0 spiro atoms. The van der Waals surface area contributed by atoms with Gasteiger partial charge >= 0.3 is 0 Å². The maximum absolute atomic E-state index is 12.5. The van der Waals surface area contributed by atoms with Crippen molar-refractivity contribution in [2.75, 3.05) is 25.0 Å². The molecule has 0 saturated carbocycles. The number of likely N-dealkylation sites (N-methyl/N-ethyl adjacent to an activating group) is 1. The Morgan fingerprint density at radius 3 is 2.42 bits per heavy atom. The van der Waals surface area contributed by atoms with Crippen molar-refractivity contribution in [2.24, 2.45) is 0 Å². The van der Waals surface area contributed by atoms with E-state index in [9.17, 15) is 9.90 Å². The number of benzene rings is 2. The Morgan fingerprint density at radius 1 is 1.08 bits per heavy atom. The van der Waals surface area contributed by atoms with Crippen LogP contribution in [0.15, 0.2) is 54.6 Å². The van der Waals surface area contributed by atoms with Gasteiger partial charge in [-0.2, -0.15) is 0 Å². The van der Waals surface area contributed by atoms with Gasteiger partial charge < -0.3 is 14.9 Å². The maximum atomic E-state index is 12.5. The zero-order valence-electron chi connectivity index (χ0n) is 14.1. The summed E-state index contributed by atoms with van der Waals surface area (Å²) in [6.07, 6.45) is 1.32. The quantitative estimate of drug-likeness (QED) is 0.919. The molecule has 1 fully saturated rings. The van der Waals surface area contributed by atoms with Crippen LogP contribution in [0.3, 0.4) is 0 Å². The Hall–Kier alpha value is -2.33. The third kappa shape index (κ3) is 3.60. The Bertz CT molecular complexity index is 681. The van der Waals surface area contributed by atoms with Gasteiger partial charge in [-0.25, -0.2) is 0 Å². The number of hydrogen-bond donors (Lipinski definition) is 1. The van der Waals surface area contributed by atoms with Crippen LogP contribution in [0, 0.1) is 0 Å². The number of aliphatic hydroxyl groups excluding tert-OH is 1. The fourth-order valence-corrected chi connectivity index (χ4v) is 3.23. The van der Waals surface area contributed by atoms with E-state index in [1.165, 1.54) is 18.5 Å². The zero-order chi connectivity index (χ0) is 16.9. The van der Waals surface area contributed by atoms with Gasteiger partial charge in [0.2, 0.25) is 0 Å². The first-order valence-electron chi connectivity index (χ1n) is 8.47. The lowest BCUT2D eigenvalue weighted by Crippen LogP contribution is -2.32. The fraction of sp³-hybridized carbons (Fsp3) is 0.350. The molecular formula is C20H24N2O2. The SMILES string of the molecule is CN(Cc1ccccc1N1CCCC1)C(=O)C(O)c1ccccc1. The standard InChI is InChI=1S/C20H24N2O2/c1-21(20(24)19(23)16-9-3-2-4-10-16)15-17-11-5-6-12-18(17)22-13-7-8-14-22/h2-6,9-12,19,23H,7-8,13-15H2,1H3. The normalized spacial score (nSPS) is 15.3. The molecule has 126 valence electrons. The molecule has 2 aromatic carbocycles. The fourth-order valence-electron chi connectivity index (χ4n) is 3.23. The Kier molecular flexibility index (Phi) is 5.16. The molecule has 0 bridgehead atoms. The number of amides is 1. The van der Waals surface area contributed by atoms with Gasteiger partial charge in [0.1, 0.15) is 0 Å². The van der Waals surface area contributed by atoms with Crippen molar-refractivity contribution in [3.05, 3.63) is 65.7 Å². The van der Waals surface area contributed by atoms with Gasteiger partial charge in [-0.1, -0.05) is 48.5 Å². The first-order chi connectivity index (χ1) is 11.7. The summed E-state index contributed by atoms with van der Waals surface area (Å²) < 4.78 is 0. The molecule has 0 radical (unpaired) electrons. The lowest BCUT2D eigenvalue weighted by atomic mass is 10.1. The van der Waals surface area contributed by atoms with Crippen molar-refractivity contribution in [2.45, 2.75) is 25.5 Å². The van der Waals surface area contributed by atoms with Crippen molar-refractivity contribution < 1.29 is 9.90 Å². The van der Waals surface area contributed by atoms with E-state index >= 15 is 0 Å². The van der Waals surface area contributed by atoms with Crippen LogP contribution in [0.4, 0.5) is 5.69 Å². The van der Waals surface area contributed by atoms with Crippen LogP contribution in [-0.2, 0) is 11.3 Å². The largest absolute Gasteiger partial charge is 0.378 e.